The molecule has 0 radical (unpaired) electrons. The second-order valence-corrected chi connectivity index (χ2v) is 4.91. The first-order valence-electron chi connectivity index (χ1n) is 6.35. The van der Waals surface area contributed by atoms with Crippen molar-refractivity contribution in [2.45, 2.75) is 13.5 Å². The molecule has 108 valence electrons. The van der Waals surface area contributed by atoms with Crippen LogP contribution in [0.4, 0.5) is 17.8 Å². The van der Waals surface area contributed by atoms with Crippen LogP contribution in [0.3, 0.4) is 0 Å². The van der Waals surface area contributed by atoms with Crippen molar-refractivity contribution in [1.29, 1.82) is 0 Å². The minimum absolute atomic E-state index is 0.529. The van der Waals surface area contributed by atoms with Gasteiger partial charge in [0.15, 0.2) is 0 Å². The van der Waals surface area contributed by atoms with Gasteiger partial charge in [0.1, 0.15) is 11.5 Å². The second kappa shape index (κ2) is 5.77. The fourth-order valence-electron chi connectivity index (χ4n) is 1.58. The van der Waals surface area contributed by atoms with Crippen LogP contribution in [0.2, 0.25) is 0 Å². The highest BCUT2D eigenvalue weighted by atomic mass is 16.3. The number of furan rings is 1. The molecule has 0 aliphatic rings. The van der Waals surface area contributed by atoms with Crippen molar-refractivity contribution in [3.05, 3.63) is 23.7 Å². The van der Waals surface area contributed by atoms with Crippen molar-refractivity contribution in [1.82, 2.24) is 15.0 Å². The molecular formula is C13H20N6O. The Balaban J connectivity index is 2.17. The first-order valence-corrected chi connectivity index (χ1v) is 6.35. The smallest absolute Gasteiger partial charge is 0.231 e. The summed E-state index contributed by atoms with van der Waals surface area (Å²) in [5.41, 5.74) is 0. The zero-order valence-electron chi connectivity index (χ0n) is 12.5. The highest BCUT2D eigenvalue weighted by Crippen LogP contribution is 2.14. The Hall–Kier alpha value is -2.31. The van der Waals surface area contributed by atoms with E-state index in [0.29, 0.717) is 24.4 Å². The topological polar surface area (TPSA) is 70.3 Å². The van der Waals surface area contributed by atoms with Gasteiger partial charge in [-0.1, -0.05) is 0 Å². The molecule has 0 aromatic carbocycles. The molecule has 0 aliphatic heterocycles. The van der Waals surface area contributed by atoms with Crippen molar-refractivity contribution in [2.75, 3.05) is 43.3 Å². The summed E-state index contributed by atoms with van der Waals surface area (Å²) in [6.45, 7) is 2.46. The molecule has 0 fully saturated rings. The molecule has 2 rings (SSSR count). The van der Waals surface area contributed by atoms with Crippen LogP contribution in [0, 0.1) is 6.92 Å². The number of nitrogens with zero attached hydrogens (tertiary/aromatic N) is 5. The molecular weight excluding hydrogens is 256 g/mol. The minimum atomic E-state index is 0.529. The molecule has 2 aromatic rings. The van der Waals surface area contributed by atoms with Gasteiger partial charge in [-0.05, 0) is 19.1 Å². The van der Waals surface area contributed by atoms with Crippen LogP contribution in [0.25, 0.3) is 0 Å². The Kier molecular flexibility index (Phi) is 4.07. The zero-order valence-corrected chi connectivity index (χ0v) is 12.5. The van der Waals surface area contributed by atoms with E-state index in [1.165, 1.54) is 0 Å². The summed E-state index contributed by atoms with van der Waals surface area (Å²) in [6, 6.07) is 3.87. The molecule has 2 aromatic heterocycles. The molecule has 0 saturated carbocycles. The summed E-state index contributed by atoms with van der Waals surface area (Å²) < 4.78 is 5.51. The van der Waals surface area contributed by atoms with Crippen LogP contribution < -0.4 is 15.1 Å². The van der Waals surface area contributed by atoms with Gasteiger partial charge in [0.05, 0.1) is 6.54 Å². The number of hydrogen-bond acceptors (Lipinski definition) is 7. The number of nitrogens with one attached hydrogen (secondary N) is 1. The number of aryl methyl sites for hydroxylation is 1. The van der Waals surface area contributed by atoms with Crippen molar-refractivity contribution < 1.29 is 4.42 Å². The van der Waals surface area contributed by atoms with Crippen molar-refractivity contribution in [3.8, 4) is 0 Å². The molecule has 1 N–H and O–H groups in total. The Morgan fingerprint density at radius 2 is 1.60 bits per heavy atom. The van der Waals surface area contributed by atoms with Crippen molar-refractivity contribution in [3.63, 3.8) is 0 Å². The summed E-state index contributed by atoms with van der Waals surface area (Å²) in [5.74, 6) is 3.49. The highest BCUT2D eigenvalue weighted by Gasteiger charge is 2.10. The maximum atomic E-state index is 5.51. The standard InChI is InChI=1S/C13H20N6O/c1-9-6-7-10(20-9)8-14-11-15-12(18(2)3)17-13(16-11)19(4)5/h6-7H,8H2,1-5H3,(H,14,15,16,17). The van der Waals surface area contributed by atoms with Crippen LogP contribution >= 0.6 is 0 Å². The van der Waals surface area contributed by atoms with Crippen LogP contribution in [0.5, 0.6) is 0 Å². The number of rotatable bonds is 5. The van der Waals surface area contributed by atoms with Gasteiger partial charge in [0, 0.05) is 28.2 Å². The normalized spacial score (nSPS) is 10.4. The lowest BCUT2D eigenvalue weighted by molar-refractivity contribution is 0.490. The largest absolute Gasteiger partial charge is 0.465 e. The molecule has 7 heteroatoms. The van der Waals surface area contributed by atoms with E-state index < -0.39 is 0 Å². The third-order valence-electron chi connectivity index (χ3n) is 2.63. The minimum Gasteiger partial charge on any atom is -0.465 e. The van der Waals surface area contributed by atoms with Gasteiger partial charge in [-0.25, -0.2) is 0 Å². The second-order valence-electron chi connectivity index (χ2n) is 4.91. The van der Waals surface area contributed by atoms with Crippen molar-refractivity contribution in [2.24, 2.45) is 0 Å². The molecule has 0 aliphatic carbocycles. The third kappa shape index (κ3) is 3.37. The molecule has 0 saturated heterocycles. The average molecular weight is 276 g/mol. The van der Waals surface area contributed by atoms with Crippen LogP contribution in [0.15, 0.2) is 16.5 Å². The lowest BCUT2D eigenvalue weighted by Gasteiger charge is -2.16. The van der Waals surface area contributed by atoms with E-state index in [0.717, 1.165) is 11.5 Å². The van der Waals surface area contributed by atoms with Gasteiger partial charge in [-0.15, -0.1) is 0 Å². The zero-order chi connectivity index (χ0) is 14.7. The fraction of sp³-hybridized carbons (Fsp3) is 0.462. The molecule has 20 heavy (non-hydrogen) atoms. The number of aromatic nitrogens is 3. The van der Waals surface area contributed by atoms with Gasteiger partial charge in [-0.3, -0.25) is 0 Å². The molecule has 2 heterocycles. The van der Waals surface area contributed by atoms with Gasteiger partial charge in [-0.2, -0.15) is 15.0 Å². The average Bonchev–Trinajstić information content (AvgIpc) is 2.81. The Morgan fingerprint density at radius 3 is 2.05 bits per heavy atom. The maximum absolute atomic E-state index is 5.51. The Bertz CT molecular complexity index is 552. The van der Waals surface area contributed by atoms with Crippen LogP contribution in [0.1, 0.15) is 11.5 Å². The molecule has 0 spiro atoms. The molecule has 0 unspecified atom stereocenters. The van der Waals surface area contributed by atoms with E-state index >= 15 is 0 Å². The predicted molar refractivity (Wildman–Crippen MR) is 79.3 cm³/mol. The van der Waals surface area contributed by atoms with E-state index in [2.05, 4.69) is 20.3 Å². The lowest BCUT2D eigenvalue weighted by Crippen LogP contribution is -2.20. The van der Waals surface area contributed by atoms with E-state index in [4.69, 9.17) is 4.42 Å². The third-order valence-corrected chi connectivity index (χ3v) is 2.63. The first-order chi connectivity index (χ1) is 9.45. The van der Waals surface area contributed by atoms with E-state index in [9.17, 15) is 0 Å². The maximum Gasteiger partial charge on any atom is 0.231 e. The first kappa shape index (κ1) is 14.1. The summed E-state index contributed by atoms with van der Waals surface area (Å²) in [6.07, 6.45) is 0. The number of anilines is 3. The quantitative estimate of drug-likeness (QED) is 0.887. The molecule has 0 amide bonds. The van der Waals surface area contributed by atoms with E-state index in [1.807, 2.05) is 57.0 Å². The summed E-state index contributed by atoms with van der Waals surface area (Å²) >= 11 is 0. The summed E-state index contributed by atoms with van der Waals surface area (Å²) in [5, 5.41) is 3.16. The van der Waals surface area contributed by atoms with Crippen LogP contribution in [-0.4, -0.2) is 43.1 Å². The summed E-state index contributed by atoms with van der Waals surface area (Å²) in [4.78, 5) is 16.8. The molecule has 7 nitrogen and oxygen atoms in total. The van der Waals surface area contributed by atoms with E-state index in [1.54, 1.807) is 0 Å². The lowest BCUT2D eigenvalue weighted by atomic mass is 10.4. The highest BCUT2D eigenvalue weighted by molar-refractivity contribution is 5.43. The fourth-order valence-corrected chi connectivity index (χ4v) is 1.58. The van der Waals surface area contributed by atoms with E-state index in [-0.39, 0.29) is 0 Å². The molecule has 0 bridgehead atoms. The van der Waals surface area contributed by atoms with Crippen molar-refractivity contribution >= 4 is 17.8 Å². The van der Waals surface area contributed by atoms with Gasteiger partial charge >= 0.3 is 0 Å². The monoisotopic (exact) mass is 276 g/mol. The van der Waals surface area contributed by atoms with Gasteiger partial charge < -0.3 is 19.5 Å². The summed E-state index contributed by atoms with van der Waals surface area (Å²) in [7, 11) is 7.59. The van der Waals surface area contributed by atoms with Gasteiger partial charge in [0.25, 0.3) is 0 Å². The predicted octanol–water partition coefficient (Wildman–Crippen LogP) is 1.52. The van der Waals surface area contributed by atoms with Gasteiger partial charge in [0.2, 0.25) is 17.8 Å². The van der Waals surface area contributed by atoms with Crippen LogP contribution in [-0.2, 0) is 6.54 Å². The SMILES string of the molecule is Cc1ccc(CNc2nc(N(C)C)nc(N(C)C)n2)o1. The Morgan fingerprint density at radius 1 is 1.00 bits per heavy atom. The Labute approximate surface area is 118 Å². The molecule has 0 atom stereocenters. The number of hydrogen-bond donors (Lipinski definition) is 1.